The summed E-state index contributed by atoms with van der Waals surface area (Å²) in [4.78, 5) is 16.0. The molecule has 0 aliphatic heterocycles. The number of hydrogen-bond donors (Lipinski definition) is 3. The maximum absolute atomic E-state index is 6.20. The highest BCUT2D eigenvalue weighted by molar-refractivity contribution is 6.42. The summed E-state index contributed by atoms with van der Waals surface area (Å²) in [7, 11) is 0. The fourth-order valence-electron chi connectivity index (χ4n) is 4.08. The molecule has 40 heavy (non-hydrogen) atoms. The van der Waals surface area contributed by atoms with Gasteiger partial charge in [0.15, 0.2) is 0 Å². The SMILES string of the molecule is CCOc1ccc(Nc2cc(-c3ccccc3)nc(/N=C(\N)Nc3ccc(Cl)c(Cl)c3)n2)cc1CN(CC)CC. The van der Waals surface area contributed by atoms with E-state index in [1.807, 2.05) is 55.5 Å². The number of nitrogens with two attached hydrogens (primary N) is 1. The van der Waals surface area contributed by atoms with Crippen molar-refractivity contribution >= 4 is 52.3 Å². The molecule has 4 N–H and O–H groups in total. The first kappa shape index (κ1) is 29.1. The van der Waals surface area contributed by atoms with Gasteiger partial charge in [0.05, 0.1) is 22.3 Å². The monoisotopic (exact) mass is 577 g/mol. The first-order valence-corrected chi connectivity index (χ1v) is 13.9. The molecule has 0 spiro atoms. The Bertz CT molecular complexity index is 1460. The predicted octanol–water partition coefficient (Wildman–Crippen LogP) is 7.49. The zero-order valence-electron chi connectivity index (χ0n) is 22.8. The number of aromatic nitrogens is 2. The van der Waals surface area contributed by atoms with Crippen LogP contribution in [0.25, 0.3) is 11.3 Å². The molecule has 1 heterocycles. The number of halogens is 2. The second-order valence-corrected chi connectivity index (χ2v) is 9.71. The van der Waals surface area contributed by atoms with Crippen LogP contribution < -0.4 is 21.1 Å². The van der Waals surface area contributed by atoms with Crippen molar-refractivity contribution in [2.45, 2.75) is 27.3 Å². The summed E-state index contributed by atoms with van der Waals surface area (Å²) < 4.78 is 5.90. The summed E-state index contributed by atoms with van der Waals surface area (Å²) in [6.07, 6.45) is 0. The fraction of sp³-hybridized carbons (Fsp3) is 0.233. The van der Waals surface area contributed by atoms with Gasteiger partial charge >= 0.3 is 0 Å². The van der Waals surface area contributed by atoms with Crippen molar-refractivity contribution in [2.75, 3.05) is 30.3 Å². The first-order valence-electron chi connectivity index (χ1n) is 13.1. The number of anilines is 3. The van der Waals surface area contributed by atoms with Gasteiger partial charge in [0.25, 0.3) is 5.95 Å². The van der Waals surface area contributed by atoms with Gasteiger partial charge in [0.2, 0.25) is 5.96 Å². The van der Waals surface area contributed by atoms with E-state index in [1.165, 1.54) is 0 Å². The lowest BCUT2D eigenvalue weighted by molar-refractivity contribution is 0.282. The lowest BCUT2D eigenvalue weighted by Crippen LogP contribution is -2.22. The van der Waals surface area contributed by atoms with Gasteiger partial charge in [-0.05, 0) is 56.4 Å². The van der Waals surface area contributed by atoms with Crippen LogP contribution in [0, 0.1) is 0 Å². The summed E-state index contributed by atoms with van der Waals surface area (Å²) in [6, 6.07) is 22.9. The largest absolute Gasteiger partial charge is 0.494 e. The van der Waals surface area contributed by atoms with Crippen LogP contribution in [-0.4, -0.2) is 40.5 Å². The number of benzene rings is 3. The van der Waals surface area contributed by atoms with E-state index in [2.05, 4.69) is 50.4 Å². The van der Waals surface area contributed by atoms with Gasteiger partial charge in [0, 0.05) is 35.1 Å². The molecule has 0 atom stereocenters. The van der Waals surface area contributed by atoms with Crippen molar-refractivity contribution < 1.29 is 4.74 Å². The normalized spacial score (nSPS) is 11.5. The van der Waals surface area contributed by atoms with E-state index in [1.54, 1.807) is 18.2 Å². The third-order valence-corrected chi connectivity index (χ3v) is 6.86. The summed E-state index contributed by atoms with van der Waals surface area (Å²) in [5.74, 6) is 1.76. The van der Waals surface area contributed by atoms with Crippen LogP contribution in [0.15, 0.2) is 77.8 Å². The van der Waals surface area contributed by atoms with Gasteiger partial charge in [-0.2, -0.15) is 9.98 Å². The van der Waals surface area contributed by atoms with Crippen LogP contribution >= 0.6 is 23.2 Å². The number of aliphatic imine (C=N–C) groups is 1. The van der Waals surface area contributed by atoms with Crippen LogP contribution in [-0.2, 0) is 6.54 Å². The van der Waals surface area contributed by atoms with Crippen molar-refractivity contribution in [3.8, 4) is 17.0 Å². The standard InChI is InChI=1S/C30H33Cl2N7O/c1-4-39(5-2)19-21-16-22(13-15-27(21)40-6-3)34-28-18-26(20-10-8-7-9-11-20)36-30(37-28)38-29(33)35-23-12-14-24(31)25(32)17-23/h7-18H,4-6,19H2,1-3H3,(H4,33,34,35,36,37,38). The van der Waals surface area contributed by atoms with Crippen LogP contribution in [0.4, 0.5) is 23.1 Å². The molecule has 4 rings (SSSR count). The van der Waals surface area contributed by atoms with E-state index < -0.39 is 0 Å². The third-order valence-electron chi connectivity index (χ3n) is 6.12. The maximum Gasteiger partial charge on any atom is 0.255 e. The number of guanidine groups is 1. The van der Waals surface area contributed by atoms with E-state index in [0.717, 1.165) is 42.2 Å². The lowest BCUT2D eigenvalue weighted by atomic mass is 10.1. The highest BCUT2D eigenvalue weighted by Crippen LogP contribution is 2.29. The minimum absolute atomic E-state index is 0.108. The molecule has 8 nitrogen and oxygen atoms in total. The summed E-state index contributed by atoms with van der Waals surface area (Å²) in [6.45, 7) is 9.58. The number of nitrogens with zero attached hydrogens (tertiary/aromatic N) is 4. The number of hydrogen-bond acceptors (Lipinski definition) is 6. The molecule has 0 fully saturated rings. The van der Waals surface area contributed by atoms with Crippen LogP contribution in [0.3, 0.4) is 0 Å². The molecule has 0 amide bonds. The molecule has 3 aromatic carbocycles. The van der Waals surface area contributed by atoms with Gasteiger partial charge in [-0.3, -0.25) is 4.90 Å². The number of rotatable bonds is 11. The topological polar surface area (TPSA) is 101 Å². The Hall–Kier alpha value is -3.85. The summed E-state index contributed by atoms with van der Waals surface area (Å²) >= 11 is 12.2. The van der Waals surface area contributed by atoms with E-state index in [4.69, 9.17) is 33.7 Å². The van der Waals surface area contributed by atoms with Gasteiger partial charge < -0.3 is 21.1 Å². The average Bonchev–Trinajstić information content (AvgIpc) is 2.95. The Labute approximate surface area is 245 Å². The van der Waals surface area contributed by atoms with Crippen molar-refractivity contribution in [3.05, 3.63) is 88.4 Å². The van der Waals surface area contributed by atoms with Gasteiger partial charge in [0.1, 0.15) is 11.6 Å². The summed E-state index contributed by atoms with van der Waals surface area (Å²) in [5, 5.41) is 7.29. The average molecular weight is 579 g/mol. The second kappa shape index (κ2) is 14.0. The number of ether oxygens (including phenoxy) is 1. The zero-order chi connectivity index (χ0) is 28.5. The minimum atomic E-state index is 0.108. The maximum atomic E-state index is 6.20. The number of nitrogens with one attached hydrogen (secondary N) is 2. The molecule has 1 aromatic heterocycles. The molecule has 0 radical (unpaired) electrons. The zero-order valence-corrected chi connectivity index (χ0v) is 24.3. The molecule has 0 bridgehead atoms. The van der Waals surface area contributed by atoms with Crippen molar-refractivity contribution in [3.63, 3.8) is 0 Å². The lowest BCUT2D eigenvalue weighted by Gasteiger charge is -2.21. The second-order valence-electron chi connectivity index (χ2n) is 8.90. The van der Waals surface area contributed by atoms with Gasteiger partial charge in [-0.25, -0.2) is 4.98 Å². The quantitative estimate of drug-likeness (QED) is 0.125. The first-order chi connectivity index (χ1) is 19.4. The van der Waals surface area contributed by atoms with Crippen LogP contribution in [0.5, 0.6) is 5.75 Å². The van der Waals surface area contributed by atoms with Crippen molar-refractivity contribution in [1.82, 2.24) is 14.9 Å². The van der Waals surface area contributed by atoms with Gasteiger partial charge in [-0.15, -0.1) is 0 Å². The van der Waals surface area contributed by atoms with E-state index >= 15 is 0 Å². The minimum Gasteiger partial charge on any atom is -0.494 e. The molecule has 0 aliphatic rings. The Morgan fingerprint density at radius 2 is 1.65 bits per heavy atom. The molecule has 10 heteroatoms. The highest BCUT2D eigenvalue weighted by Gasteiger charge is 2.12. The fourth-order valence-corrected chi connectivity index (χ4v) is 4.37. The molecule has 0 unspecified atom stereocenters. The Morgan fingerprint density at radius 3 is 2.35 bits per heavy atom. The highest BCUT2D eigenvalue weighted by atomic mass is 35.5. The van der Waals surface area contributed by atoms with E-state index in [0.29, 0.717) is 33.9 Å². The Morgan fingerprint density at radius 1 is 0.900 bits per heavy atom. The molecule has 4 aromatic rings. The molecule has 0 saturated carbocycles. The van der Waals surface area contributed by atoms with Crippen molar-refractivity contribution in [2.24, 2.45) is 10.7 Å². The van der Waals surface area contributed by atoms with Gasteiger partial charge in [-0.1, -0.05) is 67.4 Å². The van der Waals surface area contributed by atoms with Crippen molar-refractivity contribution in [1.29, 1.82) is 0 Å². The van der Waals surface area contributed by atoms with E-state index in [9.17, 15) is 0 Å². The molecular weight excluding hydrogens is 545 g/mol. The Kier molecular flexibility index (Phi) is 10.2. The Balaban J connectivity index is 1.67. The smallest absolute Gasteiger partial charge is 0.255 e. The summed E-state index contributed by atoms with van der Waals surface area (Å²) in [5.41, 5.74) is 10.4. The molecule has 0 saturated heterocycles. The molecular formula is C30H33Cl2N7O. The third kappa shape index (κ3) is 7.85. The van der Waals surface area contributed by atoms with Crippen LogP contribution in [0.1, 0.15) is 26.3 Å². The molecule has 0 aliphatic carbocycles. The predicted molar refractivity (Wildman–Crippen MR) is 166 cm³/mol. The molecule has 208 valence electrons. The van der Waals surface area contributed by atoms with E-state index in [-0.39, 0.29) is 11.9 Å². The van der Waals surface area contributed by atoms with Crippen LogP contribution in [0.2, 0.25) is 10.0 Å².